The van der Waals surface area contributed by atoms with Gasteiger partial charge in [0.25, 0.3) is 0 Å². The van der Waals surface area contributed by atoms with Crippen LogP contribution in [0.1, 0.15) is 0 Å². The van der Waals surface area contributed by atoms with E-state index in [1.807, 2.05) is 0 Å². The van der Waals surface area contributed by atoms with Crippen LogP contribution >= 0.6 is 9.24 Å². The molecule has 96 valence electrons. The van der Waals surface area contributed by atoms with E-state index in [0.717, 1.165) is 6.07 Å². The Balaban J connectivity index is 3.73. The minimum Gasteiger partial charge on any atom is -0.380 e. The van der Waals surface area contributed by atoms with Crippen molar-refractivity contribution in [3.8, 4) is 0 Å². The summed E-state index contributed by atoms with van der Waals surface area (Å²) in [6, 6.07) is 3.80. The summed E-state index contributed by atoms with van der Waals surface area (Å²) in [7, 11) is -6.12. The zero-order valence-electron chi connectivity index (χ0n) is 8.57. The maximum absolute atomic E-state index is 11.6. The van der Waals surface area contributed by atoms with E-state index >= 15 is 0 Å². The first-order chi connectivity index (χ1) is 7.76. The summed E-state index contributed by atoms with van der Waals surface area (Å²) < 4.78 is 46.3. The van der Waals surface area contributed by atoms with Crippen LogP contribution in [-0.4, -0.2) is 38.9 Å². The zero-order chi connectivity index (χ0) is 13.3. The summed E-state index contributed by atoms with van der Waals surface area (Å²) in [4.78, 5) is -1.01. The minimum atomic E-state index is -4.11. The molecule has 1 rings (SSSR count). The van der Waals surface area contributed by atoms with Crippen LogP contribution < -0.4 is 5.30 Å². The zero-order valence-corrected chi connectivity index (χ0v) is 11.4. The summed E-state index contributed by atoms with van der Waals surface area (Å²) >= 11 is 0. The van der Waals surface area contributed by atoms with Crippen LogP contribution in [0.3, 0.4) is 0 Å². The predicted molar refractivity (Wildman–Crippen MR) is 64.3 cm³/mol. The van der Waals surface area contributed by atoms with E-state index in [4.69, 9.17) is 10.2 Å². The molecule has 0 aliphatic carbocycles. The van der Waals surface area contributed by atoms with Gasteiger partial charge in [0.05, 0.1) is 9.79 Å². The van der Waals surface area contributed by atoms with E-state index in [9.17, 15) is 16.8 Å². The molecular weight excluding hydrogens is 287 g/mol. The van der Waals surface area contributed by atoms with Gasteiger partial charge >= 0.3 is 0 Å². The maximum atomic E-state index is 11.6. The summed E-state index contributed by atoms with van der Waals surface area (Å²) in [6.45, 7) is 0. The highest BCUT2D eigenvalue weighted by Crippen LogP contribution is 2.22. The summed E-state index contributed by atoms with van der Waals surface area (Å²) in [5, 5.41) is 17.6. The van der Waals surface area contributed by atoms with Crippen molar-refractivity contribution in [3.05, 3.63) is 18.2 Å². The van der Waals surface area contributed by atoms with E-state index in [-0.39, 0.29) is 5.30 Å². The molecule has 0 saturated heterocycles. The smallest absolute Gasteiger partial charge is 0.203 e. The average Bonchev–Trinajstić information content (AvgIpc) is 2.28. The van der Waals surface area contributed by atoms with Crippen LogP contribution in [0.2, 0.25) is 0 Å². The van der Waals surface area contributed by atoms with Crippen molar-refractivity contribution < 1.29 is 27.0 Å². The first-order valence-corrected chi connectivity index (χ1v) is 8.20. The Morgan fingerprint density at radius 1 is 1.00 bits per heavy atom. The highest BCUT2D eigenvalue weighted by atomic mass is 32.2. The number of benzene rings is 1. The summed E-state index contributed by atoms with van der Waals surface area (Å²) in [5.74, 6) is -2.40. The SMILES string of the molecule is O=S(=O)(CO)c1cccc(P)c1S(=O)(=O)CO. The molecule has 0 heterocycles. The van der Waals surface area contributed by atoms with E-state index in [1.165, 1.54) is 12.1 Å². The number of hydrogen-bond acceptors (Lipinski definition) is 6. The van der Waals surface area contributed by atoms with Crippen LogP contribution in [-0.2, 0) is 19.7 Å². The van der Waals surface area contributed by atoms with Gasteiger partial charge in [-0.1, -0.05) is 12.1 Å². The normalized spacial score (nSPS) is 12.6. The highest BCUT2D eigenvalue weighted by molar-refractivity contribution is 7.94. The van der Waals surface area contributed by atoms with Gasteiger partial charge < -0.3 is 10.2 Å². The third-order valence-electron chi connectivity index (χ3n) is 2.00. The molecule has 0 amide bonds. The quantitative estimate of drug-likeness (QED) is 0.664. The van der Waals surface area contributed by atoms with Crippen LogP contribution in [0.15, 0.2) is 28.0 Å². The topological polar surface area (TPSA) is 109 Å². The fourth-order valence-electron chi connectivity index (χ4n) is 1.24. The van der Waals surface area contributed by atoms with Crippen molar-refractivity contribution in [2.24, 2.45) is 0 Å². The van der Waals surface area contributed by atoms with Crippen molar-refractivity contribution in [1.29, 1.82) is 0 Å². The molecule has 0 aliphatic heterocycles. The maximum Gasteiger partial charge on any atom is 0.203 e. The molecular formula is C8H11O6PS2. The van der Waals surface area contributed by atoms with Crippen molar-refractivity contribution in [2.75, 3.05) is 11.9 Å². The summed E-state index contributed by atoms with van der Waals surface area (Å²) in [5.41, 5.74) is 0. The van der Waals surface area contributed by atoms with Gasteiger partial charge in [-0.05, 0) is 11.4 Å². The van der Waals surface area contributed by atoms with Crippen molar-refractivity contribution in [3.63, 3.8) is 0 Å². The Bertz CT molecular complexity index is 619. The molecule has 1 atom stereocenters. The van der Waals surface area contributed by atoms with Crippen LogP contribution in [0.4, 0.5) is 0 Å². The fraction of sp³-hybridized carbons (Fsp3) is 0.250. The Labute approximate surface area is 101 Å². The Hall–Kier alpha value is -0.530. The first kappa shape index (κ1) is 14.5. The van der Waals surface area contributed by atoms with Crippen molar-refractivity contribution in [1.82, 2.24) is 0 Å². The van der Waals surface area contributed by atoms with Gasteiger partial charge in [-0.2, -0.15) is 0 Å². The molecule has 1 unspecified atom stereocenters. The molecule has 9 heteroatoms. The lowest BCUT2D eigenvalue weighted by atomic mass is 10.4. The Kier molecular flexibility index (Phi) is 4.27. The molecule has 2 N–H and O–H groups in total. The van der Waals surface area contributed by atoms with Crippen molar-refractivity contribution >= 4 is 34.2 Å². The summed E-state index contributed by atoms with van der Waals surface area (Å²) in [6.07, 6.45) is 0. The third-order valence-corrected chi connectivity index (χ3v) is 5.58. The average molecular weight is 298 g/mol. The molecule has 0 saturated carbocycles. The van der Waals surface area contributed by atoms with Gasteiger partial charge in [0.2, 0.25) is 19.7 Å². The minimum absolute atomic E-state index is 0.119. The number of aliphatic hydroxyl groups excluding tert-OH is 2. The third kappa shape index (κ3) is 2.83. The van der Waals surface area contributed by atoms with Gasteiger partial charge in [-0.3, -0.25) is 0 Å². The van der Waals surface area contributed by atoms with Crippen LogP contribution in [0.5, 0.6) is 0 Å². The molecule has 6 nitrogen and oxygen atoms in total. The predicted octanol–water partition coefficient (Wildman–Crippen LogP) is -1.37. The Morgan fingerprint density at radius 3 is 2.00 bits per heavy atom. The largest absolute Gasteiger partial charge is 0.380 e. The molecule has 0 spiro atoms. The standard InChI is InChI=1S/C8H11O6PS2/c9-4-16(11,12)7-3-1-2-6(15)8(7)17(13,14)5-10/h1-3,9-10H,4-5,15H2. The molecule has 0 bridgehead atoms. The first-order valence-electron chi connectivity index (χ1n) is 4.32. The van der Waals surface area contributed by atoms with Crippen LogP contribution in [0, 0.1) is 0 Å². The van der Waals surface area contributed by atoms with Gasteiger partial charge in [0.1, 0.15) is 11.9 Å². The van der Waals surface area contributed by atoms with Gasteiger partial charge in [0.15, 0.2) is 0 Å². The number of hydrogen-bond donors (Lipinski definition) is 2. The van der Waals surface area contributed by atoms with E-state index < -0.39 is 41.3 Å². The second-order valence-electron chi connectivity index (χ2n) is 3.16. The van der Waals surface area contributed by atoms with Gasteiger partial charge in [0, 0.05) is 0 Å². The number of rotatable bonds is 4. The molecule has 0 radical (unpaired) electrons. The highest BCUT2D eigenvalue weighted by Gasteiger charge is 2.27. The molecule has 0 aliphatic rings. The Morgan fingerprint density at radius 2 is 1.53 bits per heavy atom. The van der Waals surface area contributed by atoms with Gasteiger partial charge in [-0.15, -0.1) is 9.24 Å². The van der Waals surface area contributed by atoms with E-state index in [2.05, 4.69) is 9.24 Å². The molecule has 1 aromatic carbocycles. The monoisotopic (exact) mass is 298 g/mol. The molecule has 1 aromatic rings. The van der Waals surface area contributed by atoms with E-state index in [0.29, 0.717) is 0 Å². The molecule has 0 aromatic heterocycles. The fourth-order valence-corrected chi connectivity index (χ4v) is 4.67. The van der Waals surface area contributed by atoms with E-state index in [1.54, 1.807) is 0 Å². The number of aliphatic hydroxyl groups is 2. The second-order valence-corrected chi connectivity index (χ2v) is 7.61. The van der Waals surface area contributed by atoms with Crippen LogP contribution in [0.25, 0.3) is 0 Å². The lowest BCUT2D eigenvalue weighted by Gasteiger charge is -2.10. The molecule has 17 heavy (non-hydrogen) atoms. The lowest BCUT2D eigenvalue weighted by Crippen LogP contribution is -2.20. The number of sulfone groups is 2. The van der Waals surface area contributed by atoms with Crippen molar-refractivity contribution in [2.45, 2.75) is 9.79 Å². The lowest BCUT2D eigenvalue weighted by molar-refractivity contribution is 0.356. The second kappa shape index (κ2) is 4.99. The molecule has 0 fully saturated rings. The van der Waals surface area contributed by atoms with Gasteiger partial charge in [-0.25, -0.2) is 16.8 Å².